The van der Waals surface area contributed by atoms with Crippen LogP contribution >= 0.6 is 0 Å². The van der Waals surface area contributed by atoms with E-state index in [0.717, 1.165) is 12.0 Å². The molecule has 0 aliphatic rings. The summed E-state index contributed by atoms with van der Waals surface area (Å²) in [6.07, 6.45) is 3.95. The van der Waals surface area contributed by atoms with Gasteiger partial charge in [0.05, 0.1) is 5.92 Å². The molecular weight excluding hydrogens is 226 g/mol. The first-order valence-electron chi connectivity index (χ1n) is 5.94. The molecule has 1 aromatic heterocycles. The average Bonchev–Trinajstić information content (AvgIpc) is 2.42. The molecule has 1 aromatic carbocycles. The molecule has 2 rings (SSSR count). The molecule has 1 amide bonds. The lowest BCUT2D eigenvalue weighted by atomic mass is 9.96. The van der Waals surface area contributed by atoms with E-state index in [1.807, 2.05) is 37.3 Å². The Morgan fingerprint density at radius 3 is 2.44 bits per heavy atom. The SMILES string of the molecule is CCC(C(=O)Nc1ncccn1)c1ccccc1. The number of nitrogens with zero attached hydrogens (tertiary/aromatic N) is 2. The Kier molecular flexibility index (Phi) is 4.02. The molecular formula is C14H15N3O. The van der Waals surface area contributed by atoms with Gasteiger partial charge in [-0.25, -0.2) is 9.97 Å². The van der Waals surface area contributed by atoms with Gasteiger partial charge in [0, 0.05) is 12.4 Å². The molecule has 1 N–H and O–H groups in total. The highest BCUT2D eigenvalue weighted by Crippen LogP contribution is 2.20. The van der Waals surface area contributed by atoms with E-state index >= 15 is 0 Å². The summed E-state index contributed by atoms with van der Waals surface area (Å²) in [4.78, 5) is 20.1. The molecule has 1 atom stereocenters. The van der Waals surface area contributed by atoms with Crippen molar-refractivity contribution >= 4 is 11.9 Å². The molecule has 4 nitrogen and oxygen atoms in total. The number of hydrogen-bond donors (Lipinski definition) is 1. The Bertz CT molecular complexity index is 499. The Labute approximate surface area is 106 Å². The largest absolute Gasteiger partial charge is 0.294 e. The van der Waals surface area contributed by atoms with Crippen LogP contribution in [-0.4, -0.2) is 15.9 Å². The monoisotopic (exact) mass is 241 g/mol. The van der Waals surface area contributed by atoms with Crippen LogP contribution in [0.3, 0.4) is 0 Å². The average molecular weight is 241 g/mol. The van der Waals surface area contributed by atoms with E-state index in [-0.39, 0.29) is 11.8 Å². The summed E-state index contributed by atoms with van der Waals surface area (Å²) in [6, 6.07) is 11.4. The van der Waals surface area contributed by atoms with Crippen LogP contribution in [0, 0.1) is 0 Å². The molecule has 1 unspecified atom stereocenters. The van der Waals surface area contributed by atoms with Crippen molar-refractivity contribution in [3.63, 3.8) is 0 Å². The highest BCUT2D eigenvalue weighted by atomic mass is 16.2. The van der Waals surface area contributed by atoms with Gasteiger partial charge in [-0.05, 0) is 18.1 Å². The molecule has 92 valence electrons. The van der Waals surface area contributed by atoms with Crippen molar-refractivity contribution in [3.05, 3.63) is 54.4 Å². The zero-order chi connectivity index (χ0) is 12.8. The van der Waals surface area contributed by atoms with Gasteiger partial charge in [0.1, 0.15) is 0 Å². The van der Waals surface area contributed by atoms with Crippen LogP contribution in [0.2, 0.25) is 0 Å². The summed E-state index contributed by atoms with van der Waals surface area (Å²) in [5.74, 6) is 0.0989. The fourth-order valence-corrected chi connectivity index (χ4v) is 1.82. The molecule has 4 heteroatoms. The van der Waals surface area contributed by atoms with Gasteiger partial charge in [0.25, 0.3) is 0 Å². The number of rotatable bonds is 4. The summed E-state index contributed by atoms with van der Waals surface area (Å²) in [6.45, 7) is 1.99. The van der Waals surface area contributed by atoms with Crippen LogP contribution in [0.5, 0.6) is 0 Å². The van der Waals surface area contributed by atoms with Crippen LogP contribution in [0.15, 0.2) is 48.8 Å². The summed E-state index contributed by atoms with van der Waals surface area (Å²) < 4.78 is 0. The van der Waals surface area contributed by atoms with Gasteiger partial charge >= 0.3 is 0 Å². The number of carbonyl (C=O) groups excluding carboxylic acids is 1. The van der Waals surface area contributed by atoms with Gasteiger partial charge in [0.2, 0.25) is 11.9 Å². The summed E-state index contributed by atoms with van der Waals surface area (Å²) in [5.41, 5.74) is 1.01. The van der Waals surface area contributed by atoms with Crippen LogP contribution in [0.4, 0.5) is 5.95 Å². The number of benzene rings is 1. The zero-order valence-corrected chi connectivity index (χ0v) is 10.2. The lowest BCUT2D eigenvalue weighted by Gasteiger charge is -2.14. The minimum absolute atomic E-state index is 0.0742. The Morgan fingerprint density at radius 2 is 1.83 bits per heavy atom. The van der Waals surface area contributed by atoms with Crippen molar-refractivity contribution in [2.24, 2.45) is 0 Å². The maximum atomic E-state index is 12.2. The second-order valence-electron chi connectivity index (χ2n) is 3.93. The van der Waals surface area contributed by atoms with Crippen molar-refractivity contribution in [3.8, 4) is 0 Å². The third-order valence-electron chi connectivity index (χ3n) is 2.73. The Morgan fingerprint density at radius 1 is 1.17 bits per heavy atom. The van der Waals surface area contributed by atoms with E-state index < -0.39 is 0 Å². The normalized spacial score (nSPS) is 11.8. The van der Waals surface area contributed by atoms with Crippen molar-refractivity contribution in [2.75, 3.05) is 5.32 Å². The molecule has 18 heavy (non-hydrogen) atoms. The highest BCUT2D eigenvalue weighted by Gasteiger charge is 2.18. The minimum Gasteiger partial charge on any atom is -0.294 e. The summed E-state index contributed by atoms with van der Waals surface area (Å²) in [7, 11) is 0. The number of aromatic nitrogens is 2. The maximum Gasteiger partial charge on any atom is 0.234 e. The van der Waals surface area contributed by atoms with E-state index in [0.29, 0.717) is 5.95 Å². The molecule has 0 radical (unpaired) electrons. The predicted molar refractivity (Wildman–Crippen MR) is 70.1 cm³/mol. The van der Waals surface area contributed by atoms with Crippen LogP contribution in [0.25, 0.3) is 0 Å². The number of nitrogens with one attached hydrogen (secondary N) is 1. The topological polar surface area (TPSA) is 54.9 Å². The molecule has 0 saturated heterocycles. The molecule has 0 aliphatic heterocycles. The van der Waals surface area contributed by atoms with E-state index in [1.165, 1.54) is 0 Å². The lowest BCUT2D eigenvalue weighted by molar-refractivity contribution is -0.117. The van der Waals surface area contributed by atoms with E-state index in [2.05, 4.69) is 15.3 Å². The standard InChI is InChI=1S/C14H15N3O/c1-2-12(11-7-4-3-5-8-11)13(18)17-14-15-9-6-10-16-14/h3-10,12H,2H2,1H3,(H,15,16,17,18). The summed E-state index contributed by atoms with van der Waals surface area (Å²) >= 11 is 0. The van der Waals surface area contributed by atoms with Crippen LogP contribution in [-0.2, 0) is 4.79 Å². The first-order valence-corrected chi connectivity index (χ1v) is 5.94. The molecule has 0 spiro atoms. The lowest BCUT2D eigenvalue weighted by Crippen LogP contribution is -2.21. The quantitative estimate of drug-likeness (QED) is 0.895. The zero-order valence-electron chi connectivity index (χ0n) is 10.2. The molecule has 2 aromatic rings. The third-order valence-corrected chi connectivity index (χ3v) is 2.73. The number of anilines is 1. The molecule has 0 saturated carbocycles. The van der Waals surface area contributed by atoms with Gasteiger partial charge in [-0.15, -0.1) is 0 Å². The van der Waals surface area contributed by atoms with E-state index in [9.17, 15) is 4.79 Å². The first-order chi connectivity index (χ1) is 8.81. The van der Waals surface area contributed by atoms with Gasteiger partial charge in [-0.1, -0.05) is 37.3 Å². The van der Waals surface area contributed by atoms with E-state index in [1.54, 1.807) is 18.5 Å². The summed E-state index contributed by atoms with van der Waals surface area (Å²) in [5, 5.41) is 2.73. The molecule has 0 fully saturated rings. The second-order valence-corrected chi connectivity index (χ2v) is 3.93. The molecule has 0 aliphatic carbocycles. The van der Waals surface area contributed by atoms with Crippen molar-refractivity contribution in [1.82, 2.24) is 9.97 Å². The molecule has 1 heterocycles. The van der Waals surface area contributed by atoms with Crippen molar-refractivity contribution in [2.45, 2.75) is 19.3 Å². The van der Waals surface area contributed by atoms with Crippen LogP contribution < -0.4 is 5.32 Å². The van der Waals surface area contributed by atoms with Crippen molar-refractivity contribution in [1.29, 1.82) is 0 Å². The van der Waals surface area contributed by atoms with Crippen molar-refractivity contribution < 1.29 is 4.79 Å². The minimum atomic E-state index is -0.171. The van der Waals surface area contributed by atoms with Gasteiger partial charge < -0.3 is 0 Å². The first kappa shape index (κ1) is 12.2. The third kappa shape index (κ3) is 2.91. The smallest absolute Gasteiger partial charge is 0.234 e. The Hall–Kier alpha value is -2.23. The van der Waals surface area contributed by atoms with Crippen LogP contribution in [0.1, 0.15) is 24.8 Å². The second kappa shape index (κ2) is 5.91. The maximum absolute atomic E-state index is 12.2. The number of amides is 1. The van der Waals surface area contributed by atoms with Gasteiger partial charge in [-0.3, -0.25) is 10.1 Å². The Balaban J connectivity index is 2.12. The highest BCUT2D eigenvalue weighted by molar-refractivity contribution is 5.94. The van der Waals surface area contributed by atoms with E-state index in [4.69, 9.17) is 0 Å². The predicted octanol–water partition coefficient (Wildman–Crippen LogP) is 2.61. The fourth-order valence-electron chi connectivity index (χ4n) is 1.82. The fraction of sp³-hybridized carbons (Fsp3) is 0.214. The number of carbonyl (C=O) groups is 1. The van der Waals surface area contributed by atoms with Gasteiger partial charge in [0.15, 0.2) is 0 Å². The number of hydrogen-bond acceptors (Lipinski definition) is 3. The van der Waals surface area contributed by atoms with Gasteiger partial charge in [-0.2, -0.15) is 0 Å². The molecule has 0 bridgehead atoms.